The Labute approximate surface area is 255 Å². The highest BCUT2D eigenvalue weighted by Crippen LogP contribution is 2.44. The summed E-state index contributed by atoms with van der Waals surface area (Å²) in [5.74, 6) is 1.37. The molecule has 43 heavy (non-hydrogen) atoms. The van der Waals surface area contributed by atoms with Crippen LogP contribution in [0.2, 0.25) is 0 Å². The zero-order valence-electron chi connectivity index (χ0n) is 26.8. The summed E-state index contributed by atoms with van der Waals surface area (Å²) in [5, 5.41) is 21.0. The molecule has 0 radical (unpaired) electrons. The number of hydrogen-bond donors (Lipinski definition) is 2. The van der Waals surface area contributed by atoms with Crippen LogP contribution < -0.4 is 9.47 Å². The second-order valence-corrected chi connectivity index (χ2v) is 12.4. The van der Waals surface area contributed by atoms with Gasteiger partial charge in [-0.2, -0.15) is 0 Å². The van der Waals surface area contributed by atoms with Gasteiger partial charge in [0.2, 0.25) is 0 Å². The number of fused-ring (bicyclic) bond motifs is 2. The van der Waals surface area contributed by atoms with E-state index >= 15 is 0 Å². The Morgan fingerprint density at radius 2 is 1.14 bits per heavy atom. The molecule has 2 aliphatic rings. The van der Waals surface area contributed by atoms with Crippen molar-refractivity contribution in [3.05, 3.63) is 56.7 Å². The molecular weight excluding hydrogens is 548 g/mol. The number of hydrogen-bond acceptors (Lipinski definition) is 8. The zero-order chi connectivity index (χ0) is 31.7. The van der Waals surface area contributed by atoms with Crippen molar-refractivity contribution < 1.29 is 38.7 Å². The fourth-order valence-corrected chi connectivity index (χ4v) is 6.27. The average Bonchev–Trinajstić information content (AvgIpc) is 2.97. The summed E-state index contributed by atoms with van der Waals surface area (Å²) >= 11 is 0. The van der Waals surface area contributed by atoms with Gasteiger partial charge < -0.3 is 29.2 Å². The van der Waals surface area contributed by atoms with Crippen LogP contribution in [-0.4, -0.2) is 47.6 Å². The number of phenols is 2. The van der Waals surface area contributed by atoms with Gasteiger partial charge in [-0.05, 0) is 114 Å². The topological polar surface area (TPSA) is 112 Å². The molecule has 0 spiro atoms. The number of rotatable bonds is 9. The predicted octanol–water partition coefficient (Wildman–Crippen LogP) is 6.34. The molecule has 2 heterocycles. The molecular formula is C35H46O8. The van der Waals surface area contributed by atoms with E-state index in [1.54, 1.807) is 0 Å². The first-order chi connectivity index (χ1) is 20.2. The van der Waals surface area contributed by atoms with Crippen LogP contribution in [0.25, 0.3) is 0 Å². The van der Waals surface area contributed by atoms with Gasteiger partial charge in [0.25, 0.3) is 0 Å². The molecule has 2 N–H and O–H groups in total. The Kier molecular flexibility index (Phi) is 9.67. The van der Waals surface area contributed by atoms with Gasteiger partial charge in [-0.25, -0.2) is 4.79 Å². The van der Waals surface area contributed by atoms with Crippen LogP contribution in [0.15, 0.2) is 12.2 Å². The van der Waals surface area contributed by atoms with Crippen molar-refractivity contribution in [1.29, 1.82) is 0 Å². The lowest BCUT2D eigenvalue weighted by molar-refractivity contribution is -0.146. The molecule has 4 atom stereocenters. The summed E-state index contributed by atoms with van der Waals surface area (Å²) in [5.41, 5.74) is 7.28. The van der Waals surface area contributed by atoms with E-state index in [1.807, 2.05) is 55.4 Å². The lowest BCUT2D eigenvalue weighted by Gasteiger charge is -2.34. The van der Waals surface area contributed by atoms with Crippen molar-refractivity contribution in [2.24, 2.45) is 11.8 Å². The molecule has 0 saturated heterocycles. The van der Waals surface area contributed by atoms with Crippen LogP contribution in [0.1, 0.15) is 77.6 Å². The van der Waals surface area contributed by atoms with Gasteiger partial charge >= 0.3 is 11.9 Å². The van der Waals surface area contributed by atoms with Gasteiger partial charge in [0, 0.05) is 28.5 Å². The summed E-state index contributed by atoms with van der Waals surface area (Å²) in [4.78, 5) is 25.0. The van der Waals surface area contributed by atoms with Gasteiger partial charge in [-0.3, -0.25) is 4.79 Å². The smallest absolute Gasteiger partial charge is 0.333 e. The molecule has 2 aromatic carbocycles. The third-order valence-electron chi connectivity index (χ3n) is 9.67. The number of esters is 2. The Morgan fingerprint density at radius 3 is 1.58 bits per heavy atom. The van der Waals surface area contributed by atoms with E-state index in [9.17, 15) is 19.8 Å². The number of carbonyl (C=O) groups is 2. The lowest BCUT2D eigenvalue weighted by atomic mass is 9.84. The van der Waals surface area contributed by atoms with Gasteiger partial charge in [0.15, 0.2) is 0 Å². The molecule has 0 fully saturated rings. The quantitative estimate of drug-likeness (QED) is 0.256. The van der Waals surface area contributed by atoms with Gasteiger partial charge in [-0.15, -0.1) is 0 Å². The molecule has 4 rings (SSSR count). The molecule has 2 aliphatic heterocycles. The molecule has 234 valence electrons. The van der Waals surface area contributed by atoms with Crippen LogP contribution in [0.5, 0.6) is 23.0 Å². The van der Waals surface area contributed by atoms with Crippen LogP contribution in [0.4, 0.5) is 0 Å². The van der Waals surface area contributed by atoms with Crippen molar-refractivity contribution >= 4 is 11.9 Å². The Morgan fingerprint density at radius 1 is 0.721 bits per heavy atom. The van der Waals surface area contributed by atoms with Crippen LogP contribution in [-0.2, 0) is 31.9 Å². The maximum atomic E-state index is 12.5. The van der Waals surface area contributed by atoms with E-state index in [1.165, 1.54) is 0 Å². The Hall–Kier alpha value is -3.68. The molecule has 0 aliphatic carbocycles. The van der Waals surface area contributed by atoms with Crippen LogP contribution >= 0.6 is 0 Å². The third-order valence-corrected chi connectivity index (χ3v) is 9.67. The molecule has 0 aromatic heterocycles. The van der Waals surface area contributed by atoms with E-state index in [2.05, 4.69) is 6.58 Å². The third kappa shape index (κ3) is 6.48. The molecule has 0 bridgehead atoms. The monoisotopic (exact) mass is 594 g/mol. The first-order valence-electron chi connectivity index (χ1n) is 15.2. The molecule has 0 saturated carbocycles. The highest BCUT2D eigenvalue weighted by molar-refractivity contribution is 5.93. The molecule has 8 nitrogen and oxygen atoms in total. The van der Waals surface area contributed by atoms with Crippen molar-refractivity contribution in [1.82, 2.24) is 0 Å². The summed E-state index contributed by atoms with van der Waals surface area (Å²) in [6.45, 7) is 19.6. The van der Waals surface area contributed by atoms with E-state index in [4.69, 9.17) is 18.9 Å². The minimum absolute atomic E-state index is 0.0513. The highest BCUT2D eigenvalue weighted by atomic mass is 16.5. The van der Waals surface area contributed by atoms with Gasteiger partial charge in [0.1, 0.15) is 23.0 Å². The Bertz CT molecular complexity index is 1440. The van der Waals surface area contributed by atoms with Gasteiger partial charge in [-0.1, -0.05) is 6.58 Å². The summed E-state index contributed by atoms with van der Waals surface area (Å²) < 4.78 is 23.3. The zero-order valence-corrected chi connectivity index (χ0v) is 26.8. The van der Waals surface area contributed by atoms with Crippen molar-refractivity contribution in [3.8, 4) is 23.0 Å². The van der Waals surface area contributed by atoms with E-state index < -0.39 is 11.9 Å². The van der Waals surface area contributed by atoms with Crippen molar-refractivity contribution in [2.45, 2.75) is 99.7 Å². The second kappa shape index (κ2) is 12.9. The fourth-order valence-electron chi connectivity index (χ4n) is 6.27. The number of phenolic OH excluding ortho intramolecular Hbond substituents is 2. The first kappa shape index (κ1) is 32.2. The maximum absolute atomic E-state index is 12.5. The van der Waals surface area contributed by atoms with E-state index in [-0.39, 0.29) is 49.3 Å². The summed E-state index contributed by atoms with van der Waals surface area (Å²) in [6, 6.07) is 0. The van der Waals surface area contributed by atoms with E-state index in [0.29, 0.717) is 24.3 Å². The SMILES string of the molecule is C=C(CC(=O)OCCC1Cc2c(C)c(O)c(C)c(C)c2OC1C)C(=O)OCCC1Cc2c(C)c(O)c(C)c(C)c2OC1C. The van der Waals surface area contributed by atoms with Gasteiger partial charge in [0.05, 0.1) is 31.8 Å². The minimum atomic E-state index is -0.617. The van der Waals surface area contributed by atoms with Crippen LogP contribution in [0, 0.1) is 53.4 Å². The first-order valence-corrected chi connectivity index (χ1v) is 15.2. The maximum Gasteiger partial charge on any atom is 0.333 e. The molecule has 8 heteroatoms. The number of benzene rings is 2. The lowest BCUT2D eigenvalue weighted by Crippen LogP contribution is -2.32. The Balaban J connectivity index is 1.21. The average molecular weight is 595 g/mol. The molecule has 2 aromatic rings. The normalized spacial score (nSPS) is 20.7. The second-order valence-electron chi connectivity index (χ2n) is 12.4. The standard InChI is InChI=1S/C35H46O8/c1-17(35(39)41-13-11-27-16-29-23(7)32(38)19(3)21(5)34(29)43-25(27)9)14-30(36)40-12-10-26-15-28-22(6)31(37)18(2)20(4)33(28)42-24(26)8/h24-27,37-38H,1,10-16H2,2-9H3. The summed E-state index contributed by atoms with van der Waals surface area (Å²) in [6.07, 6.45) is 2.25. The number of carbonyl (C=O) groups excluding carboxylic acids is 2. The predicted molar refractivity (Wildman–Crippen MR) is 164 cm³/mol. The summed E-state index contributed by atoms with van der Waals surface area (Å²) in [7, 11) is 0. The largest absolute Gasteiger partial charge is 0.507 e. The molecule has 0 amide bonds. The van der Waals surface area contributed by atoms with Crippen LogP contribution in [0.3, 0.4) is 0 Å². The fraction of sp³-hybridized carbons (Fsp3) is 0.543. The minimum Gasteiger partial charge on any atom is -0.507 e. The number of ether oxygens (including phenoxy) is 4. The number of aromatic hydroxyl groups is 2. The molecule has 4 unspecified atom stereocenters. The van der Waals surface area contributed by atoms with Crippen molar-refractivity contribution in [3.63, 3.8) is 0 Å². The van der Waals surface area contributed by atoms with Crippen molar-refractivity contribution in [2.75, 3.05) is 13.2 Å². The highest BCUT2D eigenvalue weighted by Gasteiger charge is 2.32. The van der Waals surface area contributed by atoms with E-state index in [0.717, 1.165) is 68.8 Å².